The van der Waals surface area contributed by atoms with Crippen molar-refractivity contribution < 1.29 is 9.59 Å². The predicted octanol–water partition coefficient (Wildman–Crippen LogP) is 4.81. The van der Waals surface area contributed by atoms with Crippen LogP contribution in [-0.2, 0) is 17.9 Å². The second-order valence-corrected chi connectivity index (χ2v) is 8.67. The van der Waals surface area contributed by atoms with Gasteiger partial charge < -0.3 is 10.4 Å². The van der Waals surface area contributed by atoms with Gasteiger partial charge >= 0.3 is 0 Å². The van der Waals surface area contributed by atoms with Gasteiger partial charge in [-0.05, 0) is 69.0 Å². The molecule has 0 radical (unpaired) electrons. The molecule has 2 aromatic carbocycles. The molecule has 0 fully saturated rings. The topological polar surface area (TPSA) is 87.2 Å². The molecule has 0 saturated heterocycles. The number of nitrogens with zero attached hydrogens (tertiary/aromatic N) is 3. The van der Waals surface area contributed by atoms with E-state index in [9.17, 15) is 9.59 Å². The summed E-state index contributed by atoms with van der Waals surface area (Å²) in [7, 11) is 2.20. The van der Waals surface area contributed by atoms with E-state index in [1.165, 1.54) is 0 Å². The van der Waals surface area contributed by atoms with Gasteiger partial charge in [0.05, 0.1) is 17.9 Å². The van der Waals surface area contributed by atoms with Crippen LogP contribution in [0, 0.1) is 0 Å². The van der Waals surface area contributed by atoms with Gasteiger partial charge in [-0.1, -0.05) is 48.6 Å². The van der Waals surface area contributed by atoms with Crippen LogP contribution >= 0.6 is 9.39 Å². The van der Waals surface area contributed by atoms with Crippen molar-refractivity contribution in [2.24, 2.45) is 0 Å². The van der Waals surface area contributed by atoms with Crippen LogP contribution in [0.4, 0.5) is 5.69 Å². The zero-order chi connectivity index (χ0) is 25.9. The summed E-state index contributed by atoms with van der Waals surface area (Å²) in [4.78, 5) is 35.3. The molecular weight excluding hydrogens is 481 g/mol. The highest BCUT2D eigenvalue weighted by atomic mass is 31.0. The van der Waals surface area contributed by atoms with Crippen molar-refractivity contribution in [2.75, 3.05) is 11.9 Å². The predicted molar refractivity (Wildman–Crippen MR) is 150 cm³/mol. The fourth-order valence-corrected chi connectivity index (χ4v) is 3.88. The lowest BCUT2D eigenvalue weighted by molar-refractivity contribution is -0.117. The van der Waals surface area contributed by atoms with Gasteiger partial charge in [-0.15, -0.1) is 0 Å². The van der Waals surface area contributed by atoms with Gasteiger partial charge in [-0.25, -0.2) is 0 Å². The van der Waals surface area contributed by atoms with Crippen LogP contribution < -0.4 is 10.4 Å². The molecule has 2 N–H and O–H groups in total. The highest BCUT2D eigenvalue weighted by molar-refractivity contribution is 7.15. The monoisotopic (exact) mass is 509 g/mol. The van der Waals surface area contributed by atoms with E-state index in [2.05, 4.69) is 29.8 Å². The number of rotatable bonds is 10. The van der Waals surface area contributed by atoms with Crippen molar-refractivity contribution in [1.82, 2.24) is 20.0 Å². The number of amides is 2. The van der Waals surface area contributed by atoms with Crippen molar-refractivity contribution in [3.05, 3.63) is 125 Å². The number of benzene rings is 2. The first-order valence-electron chi connectivity index (χ1n) is 11.8. The fraction of sp³-hybridized carbons (Fsp3) is 0.103. The Morgan fingerprint density at radius 3 is 1.78 bits per heavy atom. The highest BCUT2D eigenvalue weighted by Gasteiger charge is 2.14. The Morgan fingerprint density at radius 2 is 1.30 bits per heavy atom. The van der Waals surface area contributed by atoms with Crippen LogP contribution in [0.5, 0.6) is 0 Å². The zero-order valence-corrected chi connectivity index (χ0v) is 21.4. The van der Waals surface area contributed by atoms with Crippen LogP contribution in [0.15, 0.2) is 97.3 Å². The minimum absolute atomic E-state index is 0.107. The molecule has 1 unspecified atom stereocenters. The smallest absolute Gasteiger partial charge is 0.254 e. The largest absolute Gasteiger partial charge is 0.337 e. The Morgan fingerprint density at radius 1 is 0.757 bits per heavy atom. The molecule has 4 rings (SSSR count). The second-order valence-electron chi connectivity index (χ2n) is 8.39. The van der Waals surface area contributed by atoms with Crippen LogP contribution in [0.1, 0.15) is 32.9 Å². The Bertz CT molecular complexity index is 1290. The third kappa shape index (κ3) is 8.17. The molecule has 0 aliphatic carbocycles. The molecule has 0 aliphatic rings. The van der Waals surface area contributed by atoms with Crippen molar-refractivity contribution in [3.63, 3.8) is 0 Å². The second kappa shape index (κ2) is 13.2. The number of nitrogens with one attached hydrogen (secondary N) is 2. The first kappa shape index (κ1) is 25.9. The number of hydrogen-bond acceptors (Lipinski definition) is 5. The van der Waals surface area contributed by atoms with Crippen molar-refractivity contribution in [1.29, 1.82) is 0 Å². The Balaban J connectivity index is 1.35. The molecule has 7 nitrogen and oxygen atoms in total. The van der Waals surface area contributed by atoms with Gasteiger partial charge in [0.15, 0.2) is 0 Å². The summed E-state index contributed by atoms with van der Waals surface area (Å²) in [6.45, 7) is 1.29. The number of hydrogen-bond donors (Lipinski definition) is 2. The molecule has 2 heterocycles. The van der Waals surface area contributed by atoms with E-state index >= 15 is 0 Å². The quantitative estimate of drug-likeness (QED) is 0.237. The number of anilines is 1. The van der Waals surface area contributed by atoms with E-state index in [1.807, 2.05) is 89.8 Å². The summed E-state index contributed by atoms with van der Waals surface area (Å²) in [5.74, 6) is -0.250. The van der Waals surface area contributed by atoms with Gasteiger partial charge in [0.2, 0.25) is 5.91 Å². The number of aromatic nitrogens is 2. The average Bonchev–Trinajstić information content (AvgIpc) is 2.93. The Hall–Kier alpha value is -4.19. The molecule has 186 valence electrons. The van der Waals surface area contributed by atoms with Gasteiger partial charge in [-0.2, -0.15) is 0 Å². The Labute approximate surface area is 218 Å². The first-order valence-corrected chi connectivity index (χ1v) is 12.4. The lowest BCUT2D eigenvalue weighted by Crippen LogP contribution is -2.33. The summed E-state index contributed by atoms with van der Waals surface area (Å²) < 4.78 is 0. The summed E-state index contributed by atoms with van der Waals surface area (Å²) in [5.41, 5.74) is 5.10. The maximum atomic E-state index is 12.9. The summed E-state index contributed by atoms with van der Waals surface area (Å²) in [6.07, 6.45) is 7.47. The van der Waals surface area contributed by atoms with Gasteiger partial charge in [0.1, 0.15) is 0 Å². The lowest BCUT2D eigenvalue weighted by atomic mass is 10.1. The fourth-order valence-electron chi connectivity index (χ4n) is 3.71. The van der Waals surface area contributed by atoms with Crippen molar-refractivity contribution >= 4 is 39.0 Å². The van der Waals surface area contributed by atoms with E-state index < -0.39 is 0 Å². The SMILES string of the molecule is O=C(CN(Cc1ccccn1)Cc1ccccn1)Nc1ccc(/C=C/c2ccc(C(=O)NP)cc2)cc1. The summed E-state index contributed by atoms with van der Waals surface area (Å²) in [5, 5.41) is 5.51. The van der Waals surface area contributed by atoms with Gasteiger partial charge in [-0.3, -0.25) is 24.5 Å². The first-order chi connectivity index (χ1) is 18.1. The lowest BCUT2D eigenvalue weighted by Gasteiger charge is -2.21. The molecule has 2 aromatic heterocycles. The molecule has 2 amide bonds. The third-order valence-electron chi connectivity index (χ3n) is 5.56. The van der Waals surface area contributed by atoms with Crippen molar-refractivity contribution in [2.45, 2.75) is 13.1 Å². The molecule has 0 spiro atoms. The van der Waals surface area contributed by atoms with Crippen LogP contribution in [0.2, 0.25) is 0 Å². The molecule has 8 heteroatoms. The van der Waals surface area contributed by atoms with Crippen LogP contribution in [0.25, 0.3) is 12.2 Å². The van der Waals surface area contributed by atoms with E-state index in [0.717, 1.165) is 28.2 Å². The van der Waals surface area contributed by atoms with E-state index in [-0.39, 0.29) is 18.4 Å². The molecule has 37 heavy (non-hydrogen) atoms. The van der Waals surface area contributed by atoms with Crippen LogP contribution in [0.3, 0.4) is 0 Å². The van der Waals surface area contributed by atoms with E-state index in [1.54, 1.807) is 24.5 Å². The number of carbonyl (C=O) groups is 2. The minimum atomic E-state index is -0.144. The molecule has 0 saturated carbocycles. The molecule has 0 aliphatic heterocycles. The average molecular weight is 510 g/mol. The third-order valence-corrected chi connectivity index (χ3v) is 5.82. The summed E-state index contributed by atoms with van der Waals surface area (Å²) >= 11 is 0. The highest BCUT2D eigenvalue weighted by Crippen LogP contribution is 2.14. The standard InChI is InChI=1S/C29H28N5O2P/c35-28(21-34(19-26-5-1-3-17-30-26)20-27-6-2-4-18-31-27)32-25-15-11-23(12-16-25)8-7-22-9-13-24(14-10-22)29(36)33-37/h1-18H,19-21,37H2,(H,32,35)(H,33,36)/b8-7+. The minimum Gasteiger partial charge on any atom is -0.337 e. The van der Waals surface area contributed by atoms with Gasteiger partial charge in [0.25, 0.3) is 5.91 Å². The number of pyridine rings is 2. The molecule has 0 bridgehead atoms. The molecule has 1 atom stereocenters. The van der Waals surface area contributed by atoms with E-state index in [0.29, 0.717) is 18.7 Å². The normalized spacial score (nSPS) is 11.0. The maximum absolute atomic E-state index is 12.9. The summed E-state index contributed by atoms with van der Waals surface area (Å²) in [6, 6.07) is 26.5. The molecule has 4 aromatic rings. The van der Waals surface area contributed by atoms with Crippen LogP contribution in [-0.4, -0.2) is 33.2 Å². The van der Waals surface area contributed by atoms with E-state index in [4.69, 9.17) is 0 Å². The maximum Gasteiger partial charge on any atom is 0.254 e. The van der Waals surface area contributed by atoms with Crippen molar-refractivity contribution in [3.8, 4) is 0 Å². The Kier molecular flexibility index (Phi) is 9.24. The van der Waals surface area contributed by atoms with Gasteiger partial charge in [0, 0.05) is 36.7 Å². The zero-order valence-electron chi connectivity index (χ0n) is 20.2. The molecular formula is C29H28N5O2P. The number of carbonyl (C=O) groups excluding carboxylic acids is 2.